The Morgan fingerprint density at radius 1 is 1.24 bits per heavy atom. The molecule has 4 amide bonds. The fourth-order valence-electron chi connectivity index (χ4n) is 4.42. The standard InChI is InChI=1S/C24H27Cl2N7O4/c1-6-18(35)28-15-10-32(13(3)34)11-16(15)29-23-27-8-14-9-33(24(36)31(4)22(14)30-23)21-19(25)12(2)7-17(37-5)20(21)26/h6-8,15-16H,1,9-11H2,2-5H3,(H,28,35)(H,27,29,30). The highest BCUT2D eigenvalue weighted by Gasteiger charge is 2.37. The maximum absolute atomic E-state index is 13.4. The largest absolute Gasteiger partial charge is 0.495 e. The first-order chi connectivity index (χ1) is 17.5. The van der Waals surface area contributed by atoms with Crippen molar-refractivity contribution in [2.75, 3.05) is 42.4 Å². The number of rotatable bonds is 6. The molecule has 0 bridgehead atoms. The lowest BCUT2D eigenvalue weighted by Gasteiger charge is -2.35. The molecular formula is C24H27Cl2N7O4. The summed E-state index contributed by atoms with van der Waals surface area (Å²) in [6, 6.07) is 0.615. The van der Waals surface area contributed by atoms with Gasteiger partial charge in [0.05, 0.1) is 36.4 Å². The van der Waals surface area contributed by atoms with Crippen LogP contribution in [0.5, 0.6) is 5.75 Å². The second kappa shape index (κ2) is 10.4. The highest BCUT2D eigenvalue weighted by molar-refractivity contribution is 6.41. The van der Waals surface area contributed by atoms with Crippen LogP contribution in [0, 0.1) is 6.92 Å². The van der Waals surface area contributed by atoms with E-state index in [0.29, 0.717) is 46.5 Å². The molecule has 0 aliphatic carbocycles. The summed E-state index contributed by atoms with van der Waals surface area (Å²) < 4.78 is 5.35. The van der Waals surface area contributed by atoms with E-state index in [0.717, 1.165) is 0 Å². The first kappa shape index (κ1) is 26.5. The van der Waals surface area contributed by atoms with Crippen molar-refractivity contribution in [3.63, 3.8) is 0 Å². The quantitative estimate of drug-likeness (QED) is 0.533. The molecule has 2 N–H and O–H groups in total. The Labute approximate surface area is 224 Å². The second-order valence-corrected chi connectivity index (χ2v) is 9.59. The Morgan fingerprint density at radius 2 is 1.95 bits per heavy atom. The van der Waals surface area contributed by atoms with Gasteiger partial charge in [-0.1, -0.05) is 29.8 Å². The van der Waals surface area contributed by atoms with E-state index in [2.05, 4.69) is 27.2 Å². The van der Waals surface area contributed by atoms with Crippen LogP contribution < -0.4 is 25.2 Å². The number of fused-ring (bicyclic) bond motifs is 1. The highest BCUT2D eigenvalue weighted by Crippen LogP contribution is 2.44. The van der Waals surface area contributed by atoms with Crippen LogP contribution in [0.15, 0.2) is 24.9 Å². The van der Waals surface area contributed by atoms with Gasteiger partial charge in [-0.05, 0) is 24.6 Å². The predicted molar refractivity (Wildman–Crippen MR) is 142 cm³/mol. The number of nitrogens with one attached hydrogen (secondary N) is 2. The third-order valence-electron chi connectivity index (χ3n) is 6.41. The summed E-state index contributed by atoms with van der Waals surface area (Å²) in [5, 5.41) is 6.61. The number of carbonyl (C=O) groups excluding carboxylic acids is 3. The van der Waals surface area contributed by atoms with Gasteiger partial charge in [-0.2, -0.15) is 4.98 Å². The van der Waals surface area contributed by atoms with E-state index >= 15 is 0 Å². The number of aromatic nitrogens is 2. The number of likely N-dealkylation sites (tertiary alicyclic amines) is 1. The fourth-order valence-corrected chi connectivity index (χ4v) is 5.05. The van der Waals surface area contributed by atoms with Crippen LogP contribution >= 0.6 is 23.2 Å². The topological polar surface area (TPSA) is 120 Å². The zero-order chi connectivity index (χ0) is 27.0. The number of nitrogens with zero attached hydrogens (tertiary/aromatic N) is 5. The molecule has 11 nitrogen and oxygen atoms in total. The van der Waals surface area contributed by atoms with Gasteiger partial charge >= 0.3 is 6.03 Å². The number of benzene rings is 1. The molecule has 1 saturated heterocycles. The number of aryl methyl sites for hydroxylation is 1. The molecule has 2 aromatic rings. The minimum absolute atomic E-state index is 0.107. The van der Waals surface area contributed by atoms with E-state index in [4.69, 9.17) is 27.9 Å². The van der Waals surface area contributed by atoms with Crippen molar-refractivity contribution >= 4 is 58.5 Å². The number of urea groups is 1. The van der Waals surface area contributed by atoms with Crippen LogP contribution in [0.1, 0.15) is 18.1 Å². The van der Waals surface area contributed by atoms with Crippen LogP contribution in [0.3, 0.4) is 0 Å². The first-order valence-corrected chi connectivity index (χ1v) is 12.2. The Kier molecular flexibility index (Phi) is 7.47. The lowest BCUT2D eigenvalue weighted by molar-refractivity contribution is -0.128. The van der Waals surface area contributed by atoms with Crippen molar-refractivity contribution < 1.29 is 19.1 Å². The highest BCUT2D eigenvalue weighted by atomic mass is 35.5. The Bertz CT molecular complexity index is 1290. The number of methoxy groups -OCH3 is 1. The molecule has 2 aliphatic rings. The third-order valence-corrected chi connectivity index (χ3v) is 7.26. The number of anilines is 3. The number of amides is 4. The predicted octanol–water partition coefficient (Wildman–Crippen LogP) is 2.99. The van der Waals surface area contributed by atoms with Crippen molar-refractivity contribution in [1.82, 2.24) is 20.2 Å². The number of hydrogen-bond acceptors (Lipinski definition) is 7. The summed E-state index contributed by atoms with van der Waals surface area (Å²) in [7, 11) is 3.09. The normalized spacial score (nSPS) is 19.0. The van der Waals surface area contributed by atoms with E-state index in [9.17, 15) is 14.4 Å². The van der Waals surface area contributed by atoms with E-state index in [1.165, 1.54) is 29.9 Å². The first-order valence-electron chi connectivity index (χ1n) is 11.4. The molecule has 3 heterocycles. The molecule has 0 saturated carbocycles. The molecule has 2 unspecified atom stereocenters. The molecule has 13 heteroatoms. The lowest BCUT2D eigenvalue weighted by Crippen LogP contribution is -2.47. The Morgan fingerprint density at radius 3 is 2.59 bits per heavy atom. The van der Waals surface area contributed by atoms with Gasteiger partial charge in [0.1, 0.15) is 16.6 Å². The zero-order valence-corrected chi connectivity index (χ0v) is 22.4. The molecule has 1 aromatic heterocycles. The van der Waals surface area contributed by atoms with Gasteiger partial charge in [-0.25, -0.2) is 9.78 Å². The summed E-state index contributed by atoms with van der Waals surface area (Å²) in [6.45, 7) is 7.59. The third kappa shape index (κ3) is 5.01. The molecule has 1 aromatic carbocycles. The fraction of sp³-hybridized carbons (Fsp3) is 0.375. The number of carbonyl (C=O) groups is 3. The van der Waals surface area contributed by atoms with Crippen molar-refractivity contribution in [1.29, 1.82) is 0 Å². The lowest BCUT2D eigenvalue weighted by atomic mass is 10.1. The number of ether oxygens (including phenoxy) is 1. The second-order valence-electron chi connectivity index (χ2n) is 8.84. The molecule has 37 heavy (non-hydrogen) atoms. The van der Waals surface area contributed by atoms with Crippen molar-refractivity contribution in [2.45, 2.75) is 32.5 Å². The molecule has 4 rings (SSSR count). The van der Waals surface area contributed by atoms with Crippen molar-refractivity contribution in [2.24, 2.45) is 0 Å². The molecule has 0 radical (unpaired) electrons. The van der Waals surface area contributed by atoms with Gasteiger partial charge in [-0.15, -0.1) is 0 Å². The summed E-state index contributed by atoms with van der Waals surface area (Å²) in [5.74, 6) is 0.630. The van der Waals surface area contributed by atoms with Gasteiger partial charge in [-0.3, -0.25) is 19.4 Å². The van der Waals surface area contributed by atoms with E-state index in [1.54, 1.807) is 31.1 Å². The SMILES string of the molecule is C=CC(=O)NC1CN(C(C)=O)CC1Nc1ncc2c(n1)N(C)C(=O)N(c1c(Cl)c(C)cc(OC)c1Cl)C2. The van der Waals surface area contributed by atoms with Crippen molar-refractivity contribution in [3.8, 4) is 5.75 Å². The van der Waals surface area contributed by atoms with Gasteiger partial charge in [0, 0.05) is 38.8 Å². The van der Waals surface area contributed by atoms with E-state index in [-0.39, 0.29) is 47.4 Å². The van der Waals surface area contributed by atoms with Crippen LogP contribution in [0.4, 0.5) is 22.2 Å². The van der Waals surface area contributed by atoms with E-state index < -0.39 is 0 Å². The van der Waals surface area contributed by atoms with Gasteiger partial charge in [0.2, 0.25) is 17.8 Å². The summed E-state index contributed by atoms with van der Waals surface area (Å²) >= 11 is 13.1. The number of hydrogen-bond donors (Lipinski definition) is 2. The average Bonchev–Trinajstić information content (AvgIpc) is 3.27. The molecule has 2 aliphatic heterocycles. The number of halogens is 2. The summed E-state index contributed by atoms with van der Waals surface area (Å²) in [4.78, 5) is 50.7. The monoisotopic (exact) mass is 547 g/mol. The van der Waals surface area contributed by atoms with Crippen LogP contribution in [-0.2, 0) is 16.1 Å². The summed E-state index contributed by atoms with van der Waals surface area (Å²) in [5.41, 5.74) is 1.73. The van der Waals surface area contributed by atoms with Crippen LogP contribution in [0.25, 0.3) is 0 Å². The van der Waals surface area contributed by atoms with Gasteiger partial charge < -0.3 is 20.3 Å². The van der Waals surface area contributed by atoms with Crippen LogP contribution in [-0.4, -0.2) is 72.0 Å². The average molecular weight is 548 g/mol. The smallest absolute Gasteiger partial charge is 0.330 e. The van der Waals surface area contributed by atoms with E-state index in [1.807, 2.05) is 0 Å². The summed E-state index contributed by atoms with van der Waals surface area (Å²) in [6.07, 6.45) is 2.79. The van der Waals surface area contributed by atoms with Gasteiger partial charge in [0.15, 0.2) is 0 Å². The molecule has 196 valence electrons. The Hall–Kier alpha value is -3.57. The molecule has 0 spiro atoms. The minimum atomic E-state index is -0.381. The zero-order valence-electron chi connectivity index (χ0n) is 20.8. The molecular weight excluding hydrogens is 521 g/mol. The molecule has 2 atom stereocenters. The maximum atomic E-state index is 13.4. The molecule has 1 fully saturated rings. The van der Waals surface area contributed by atoms with Gasteiger partial charge in [0.25, 0.3) is 0 Å². The van der Waals surface area contributed by atoms with Crippen LogP contribution in [0.2, 0.25) is 10.0 Å². The Balaban J connectivity index is 1.62. The minimum Gasteiger partial charge on any atom is -0.495 e. The van der Waals surface area contributed by atoms with Crippen molar-refractivity contribution in [3.05, 3.63) is 46.1 Å². The maximum Gasteiger partial charge on any atom is 0.330 e.